The molecular formula is C19H20N4O5S. The number of phenolic OH excluding ortho intramolecular Hbond substituents is 1. The Kier molecular flexibility index (Phi) is 5.83. The number of nitrogens with one attached hydrogen (secondary N) is 2. The highest BCUT2D eigenvalue weighted by molar-refractivity contribution is 7.17. The van der Waals surface area contributed by atoms with Crippen LogP contribution in [-0.2, 0) is 4.74 Å². The lowest BCUT2D eigenvalue weighted by molar-refractivity contribution is 0.0490. The number of oxazole rings is 1. The van der Waals surface area contributed by atoms with Crippen LogP contribution in [0.15, 0.2) is 22.7 Å². The fraction of sp³-hybridized carbons (Fsp3) is 0.263. The number of nitrogens with zero attached hydrogens (tertiary/aromatic N) is 2. The average Bonchev–Trinajstić information content (AvgIpc) is 3.29. The van der Waals surface area contributed by atoms with E-state index >= 15 is 0 Å². The Bertz CT molecular complexity index is 1070. The molecule has 3 rings (SSSR count). The van der Waals surface area contributed by atoms with E-state index in [1.165, 1.54) is 6.20 Å². The fourth-order valence-electron chi connectivity index (χ4n) is 2.57. The molecule has 10 heteroatoms. The summed E-state index contributed by atoms with van der Waals surface area (Å²) in [4.78, 5) is 33.0. The molecular weight excluding hydrogens is 396 g/mol. The number of ether oxygens (including phenoxy) is 1. The van der Waals surface area contributed by atoms with Crippen LogP contribution in [0.1, 0.15) is 44.0 Å². The molecule has 0 fully saturated rings. The molecule has 0 radical (unpaired) electrons. The first-order valence-electron chi connectivity index (χ1n) is 8.78. The molecule has 2 heterocycles. The van der Waals surface area contributed by atoms with Gasteiger partial charge in [0.05, 0.1) is 24.2 Å². The number of benzene rings is 1. The molecule has 1 amide bonds. The molecule has 3 N–H and O–H groups in total. The number of hydrogen-bond acceptors (Lipinski definition) is 9. The van der Waals surface area contributed by atoms with Crippen molar-refractivity contribution >= 4 is 40.0 Å². The zero-order valence-corrected chi connectivity index (χ0v) is 17.1. The minimum atomic E-state index is -0.596. The van der Waals surface area contributed by atoms with Gasteiger partial charge in [-0.05, 0) is 39.3 Å². The lowest BCUT2D eigenvalue weighted by Gasteiger charge is -2.11. The number of aryl methyl sites for hydroxylation is 2. The van der Waals surface area contributed by atoms with Crippen LogP contribution in [0, 0.1) is 20.8 Å². The number of anilines is 3. The summed E-state index contributed by atoms with van der Waals surface area (Å²) in [6, 6.07) is 3.38. The van der Waals surface area contributed by atoms with Crippen molar-refractivity contribution in [3.8, 4) is 5.75 Å². The molecule has 9 nitrogen and oxygen atoms in total. The Morgan fingerprint density at radius 3 is 2.76 bits per heavy atom. The first kappa shape index (κ1) is 20.3. The zero-order valence-electron chi connectivity index (χ0n) is 16.3. The highest BCUT2D eigenvalue weighted by Gasteiger charge is 2.20. The summed E-state index contributed by atoms with van der Waals surface area (Å²) in [7, 11) is 0. The van der Waals surface area contributed by atoms with Gasteiger partial charge < -0.3 is 19.6 Å². The molecule has 1 aromatic carbocycles. The molecule has 0 aliphatic heterocycles. The SMILES string of the molecule is CCOC(=O)c1oc(Nc2ncc(C(=O)Nc3c(C)ccc(O)c3C)s2)nc1C. The Balaban J connectivity index is 1.73. The molecule has 0 atom stereocenters. The van der Waals surface area contributed by atoms with Gasteiger partial charge in [-0.3, -0.25) is 10.1 Å². The van der Waals surface area contributed by atoms with Crippen molar-refractivity contribution < 1.29 is 23.8 Å². The van der Waals surface area contributed by atoms with Gasteiger partial charge in [0.2, 0.25) is 5.76 Å². The topological polar surface area (TPSA) is 127 Å². The predicted molar refractivity (Wildman–Crippen MR) is 108 cm³/mol. The summed E-state index contributed by atoms with van der Waals surface area (Å²) in [5.41, 5.74) is 2.36. The average molecular weight is 416 g/mol. The zero-order chi connectivity index (χ0) is 21.1. The van der Waals surface area contributed by atoms with E-state index in [9.17, 15) is 14.7 Å². The minimum absolute atomic E-state index is 0.0127. The standard InChI is InChI=1S/C19H20N4O5S/c1-5-27-17(26)15-11(4)21-18(28-15)23-19-20-8-13(29-19)16(25)22-14-9(2)6-7-12(24)10(14)3/h6-8,24H,5H2,1-4H3,(H,22,25)(H,20,21,23). The molecule has 29 heavy (non-hydrogen) atoms. The summed E-state index contributed by atoms with van der Waals surface area (Å²) < 4.78 is 10.3. The number of hydrogen-bond donors (Lipinski definition) is 3. The third-order valence-corrected chi connectivity index (χ3v) is 5.00. The van der Waals surface area contributed by atoms with Crippen LogP contribution >= 0.6 is 11.3 Å². The van der Waals surface area contributed by atoms with Gasteiger partial charge in [-0.2, -0.15) is 4.98 Å². The van der Waals surface area contributed by atoms with Crippen molar-refractivity contribution in [1.29, 1.82) is 0 Å². The number of aromatic nitrogens is 2. The maximum atomic E-state index is 12.6. The molecule has 2 aromatic heterocycles. The molecule has 3 aromatic rings. The van der Waals surface area contributed by atoms with Gasteiger partial charge in [-0.15, -0.1) is 0 Å². The molecule has 0 aliphatic rings. The smallest absolute Gasteiger partial charge is 0.376 e. The van der Waals surface area contributed by atoms with Crippen LogP contribution < -0.4 is 10.6 Å². The molecule has 0 aliphatic carbocycles. The lowest BCUT2D eigenvalue weighted by atomic mass is 10.1. The Hall–Kier alpha value is -3.40. The highest BCUT2D eigenvalue weighted by atomic mass is 32.1. The Labute approximate surface area is 170 Å². The van der Waals surface area contributed by atoms with Gasteiger partial charge >= 0.3 is 12.0 Å². The van der Waals surface area contributed by atoms with Crippen molar-refractivity contribution in [3.05, 3.63) is 45.8 Å². The van der Waals surface area contributed by atoms with E-state index in [0.717, 1.165) is 16.9 Å². The third-order valence-electron chi connectivity index (χ3n) is 4.08. The van der Waals surface area contributed by atoms with E-state index < -0.39 is 5.97 Å². The number of esters is 1. The van der Waals surface area contributed by atoms with Crippen LogP contribution in [-0.4, -0.2) is 33.6 Å². The second-order valence-electron chi connectivity index (χ2n) is 6.16. The van der Waals surface area contributed by atoms with Crippen LogP contribution in [0.2, 0.25) is 0 Å². The van der Waals surface area contributed by atoms with Gasteiger partial charge in [-0.1, -0.05) is 17.4 Å². The first-order valence-corrected chi connectivity index (χ1v) is 9.59. The van der Waals surface area contributed by atoms with Gasteiger partial charge in [0.25, 0.3) is 5.91 Å². The van der Waals surface area contributed by atoms with Crippen LogP contribution in [0.3, 0.4) is 0 Å². The number of thiazole rings is 1. The molecule has 0 unspecified atom stereocenters. The number of phenols is 1. The number of carbonyl (C=O) groups excluding carboxylic acids is 2. The fourth-order valence-corrected chi connectivity index (χ4v) is 3.27. The van der Waals surface area contributed by atoms with E-state index in [-0.39, 0.29) is 30.0 Å². The van der Waals surface area contributed by atoms with Crippen molar-refractivity contribution in [2.75, 3.05) is 17.2 Å². The van der Waals surface area contributed by atoms with Gasteiger partial charge in [-0.25, -0.2) is 9.78 Å². The molecule has 0 bridgehead atoms. The lowest BCUT2D eigenvalue weighted by Crippen LogP contribution is -2.12. The van der Waals surface area contributed by atoms with Crippen molar-refractivity contribution in [1.82, 2.24) is 9.97 Å². The number of amides is 1. The predicted octanol–water partition coefficient (Wildman–Crippen LogP) is 3.93. The first-order chi connectivity index (χ1) is 13.8. The Morgan fingerprint density at radius 1 is 1.28 bits per heavy atom. The monoisotopic (exact) mass is 416 g/mol. The molecule has 0 saturated carbocycles. The number of rotatable bonds is 6. The third kappa shape index (κ3) is 4.37. The summed E-state index contributed by atoms with van der Waals surface area (Å²) >= 11 is 1.09. The normalized spacial score (nSPS) is 10.6. The molecule has 152 valence electrons. The Morgan fingerprint density at radius 2 is 2.03 bits per heavy atom. The summed E-state index contributed by atoms with van der Waals surface area (Å²) in [5, 5.41) is 15.9. The quantitative estimate of drug-likeness (QED) is 0.516. The van der Waals surface area contributed by atoms with Crippen molar-refractivity contribution in [2.24, 2.45) is 0 Å². The summed E-state index contributed by atoms with van der Waals surface area (Å²) in [5.74, 6) is -0.835. The van der Waals surface area contributed by atoms with E-state index in [2.05, 4.69) is 20.6 Å². The van der Waals surface area contributed by atoms with Gasteiger partial charge in [0.1, 0.15) is 10.6 Å². The van der Waals surface area contributed by atoms with E-state index in [1.54, 1.807) is 32.9 Å². The van der Waals surface area contributed by atoms with Gasteiger partial charge in [0, 0.05) is 5.56 Å². The van der Waals surface area contributed by atoms with Crippen LogP contribution in [0.5, 0.6) is 5.75 Å². The second-order valence-corrected chi connectivity index (χ2v) is 7.20. The number of carbonyl (C=O) groups is 2. The molecule has 0 saturated heterocycles. The highest BCUT2D eigenvalue weighted by Crippen LogP contribution is 2.30. The largest absolute Gasteiger partial charge is 0.508 e. The number of aromatic hydroxyl groups is 1. The second kappa shape index (κ2) is 8.31. The van der Waals surface area contributed by atoms with Crippen molar-refractivity contribution in [3.63, 3.8) is 0 Å². The van der Waals surface area contributed by atoms with Crippen molar-refractivity contribution in [2.45, 2.75) is 27.7 Å². The maximum Gasteiger partial charge on any atom is 0.376 e. The molecule has 0 spiro atoms. The summed E-state index contributed by atoms with van der Waals surface area (Å²) in [6.45, 7) is 7.12. The minimum Gasteiger partial charge on any atom is -0.508 e. The van der Waals surface area contributed by atoms with Crippen LogP contribution in [0.4, 0.5) is 16.8 Å². The summed E-state index contributed by atoms with van der Waals surface area (Å²) in [6.07, 6.45) is 1.41. The van der Waals surface area contributed by atoms with E-state index in [1.807, 2.05) is 6.92 Å². The van der Waals surface area contributed by atoms with E-state index in [4.69, 9.17) is 9.15 Å². The van der Waals surface area contributed by atoms with Gasteiger partial charge in [0.15, 0.2) is 5.13 Å². The van der Waals surface area contributed by atoms with Crippen LogP contribution in [0.25, 0.3) is 0 Å². The maximum absolute atomic E-state index is 12.6. The van der Waals surface area contributed by atoms with E-state index in [0.29, 0.717) is 27.0 Å².